The fourth-order valence-corrected chi connectivity index (χ4v) is 5.28. The molecule has 3 rings (SSSR count). The first-order chi connectivity index (χ1) is 15.9. The van der Waals surface area contributed by atoms with Crippen molar-refractivity contribution in [2.75, 3.05) is 40.5 Å². The summed E-state index contributed by atoms with van der Waals surface area (Å²) < 4.78 is 43.3. The summed E-state index contributed by atoms with van der Waals surface area (Å²) in [6, 6.07) is 12.3. The van der Waals surface area contributed by atoms with Crippen LogP contribution in [0.15, 0.2) is 47.4 Å². The number of sulfonamides is 1. The van der Waals surface area contributed by atoms with Crippen LogP contribution in [0.4, 0.5) is 0 Å². The summed E-state index contributed by atoms with van der Waals surface area (Å²) in [5.74, 6) is 1.21. The number of morpholine rings is 1. The van der Waals surface area contributed by atoms with Crippen LogP contribution in [0.5, 0.6) is 11.5 Å². The second-order valence-corrected chi connectivity index (χ2v) is 9.73. The van der Waals surface area contributed by atoms with Gasteiger partial charge in [-0.05, 0) is 54.3 Å². The van der Waals surface area contributed by atoms with E-state index >= 15 is 0 Å². The highest BCUT2D eigenvalue weighted by Crippen LogP contribution is 2.26. The SMILES string of the molecule is CC[C@@H](NC(=O)CCc1cc(S(=O)(=O)N2CCOCC2)ccc1OC)c1ccc(OC)cc1. The standard InChI is InChI=1S/C24H32N2O6S/c1-4-22(18-5-8-20(30-2)9-6-18)25-24(27)12-7-19-17-21(10-11-23(19)31-3)33(28,29)26-13-15-32-16-14-26/h5-6,8-11,17,22H,4,7,12-16H2,1-3H3,(H,25,27)/t22-/m1/s1. The van der Waals surface area contributed by atoms with Crippen LogP contribution >= 0.6 is 0 Å². The molecule has 0 radical (unpaired) electrons. The number of hydrogen-bond donors (Lipinski definition) is 1. The Bertz CT molecular complexity index is 1030. The number of carbonyl (C=O) groups excluding carboxylic acids is 1. The summed E-state index contributed by atoms with van der Waals surface area (Å²) in [6.07, 6.45) is 1.32. The number of nitrogens with zero attached hydrogens (tertiary/aromatic N) is 1. The molecular formula is C24H32N2O6S. The summed E-state index contributed by atoms with van der Waals surface area (Å²) in [4.78, 5) is 12.9. The second-order valence-electron chi connectivity index (χ2n) is 7.79. The number of amides is 1. The molecule has 9 heteroatoms. The Balaban J connectivity index is 1.68. The number of benzene rings is 2. The van der Waals surface area contributed by atoms with E-state index in [1.54, 1.807) is 25.3 Å². The highest BCUT2D eigenvalue weighted by atomic mass is 32.2. The Kier molecular flexibility index (Phi) is 8.71. The van der Waals surface area contributed by atoms with Gasteiger partial charge in [0.25, 0.3) is 0 Å². The van der Waals surface area contributed by atoms with Crippen molar-refractivity contribution in [2.24, 2.45) is 0 Å². The Morgan fingerprint density at radius 1 is 1.09 bits per heavy atom. The van der Waals surface area contributed by atoms with Crippen molar-refractivity contribution in [1.29, 1.82) is 0 Å². The fourth-order valence-electron chi connectivity index (χ4n) is 3.82. The first-order valence-electron chi connectivity index (χ1n) is 11.1. The van der Waals surface area contributed by atoms with E-state index in [1.807, 2.05) is 31.2 Å². The van der Waals surface area contributed by atoms with E-state index in [0.717, 1.165) is 17.7 Å². The molecule has 0 aliphatic carbocycles. The van der Waals surface area contributed by atoms with Gasteiger partial charge in [-0.3, -0.25) is 4.79 Å². The maximum atomic E-state index is 13.0. The van der Waals surface area contributed by atoms with E-state index < -0.39 is 10.0 Å². The maximum absolute atomic E-state index is 13.0. The lowest BCUT2D eigenvalue weighted by atomic mass is 10.0. The number of hydrogen-bond acceptors (Lipinski definition) is 6. The summed E-state index contributed by atoms with van der Waals surface area (Å²) in [5.41, 5.74) is 1.68. The lowest BCUT2D eigenvalue weighted by molar-refractivity contribution is -0.121. The average Bonchev–Trinajstić information content (AvgIpc) is 2.86. The van der Waals surface area contributed by atoms with E-state index in [2.05, 4.69) is 5.32 Å². The molecule has 33 heavy (non-hydrogen) atoms. The van der Waals surface area contributed by atoms with Gasteiger partial charge in [-0.1, -0.05) is 19.1 Å². The minimum atomic E-state index is -3.63. The lowest BCUT2D eigenvalue weighted by Gasteiger charge is -2.26. The Morgan fingerprint density at radius 3 is 2.39 bits per heavy atom. The van der Waals surface area contributed by atoms with Crippen LogP contribution in [-0.2, 0) is 26.0 Å². The number of nitrogens with one attached hydrogen (secondary N) is 1. The minimum Gasteiger partial charge on any atom is -0.497 e. The van der Waals surface area contributed by atoms with Gasteiger partial charge < -0.3 is 19.5 Å². The van der Waals surface area contributed by atoms with E-state index in [1.165, 1.54) is 11.4 Å². The molecular weight excluding hydrogens is 444 g/mol. The normalized spacial score (nSPS) is 15.6. The molecule has 0 bridgehead atoms. The van der Waals surface area contributed by atoms with E-state index in [9.17, 15) is 13.2 Å². The monoisotopic (exact) mass is 476 g/mol. The number of rotatable bonds is 10. The van der Waals surface area contributed by atoms with Gasteiger partial charge in [0.15, 0.2) is 0 Å². The van der Waals surface area contributed by atoms with Gasteiger partial charge in [0.05, 0.1) is 38.4 Å². The highest BCUT2D eigenvalue weighted by molar-refractivity contribution is 7.89. The van der Waals surface area contributed by atoms with Crippen molar-refractivity contribution in [2.45, 2.75) is 37.1 Å². The summed E-state index contributed by atoms with van der Waals surface area (Å²) in [6.45, 7) is 3.44. The van der Waals surface area contributed by atoms with Crippen LogP contribution in [0, 0.1) is 0 Å². The molecule has 1 amide bonds. The maximum Gasteiger partial charge on any atom is 0.243 e. The summed E-state index contributed by atoms with van der Waals surface area (Å²) in [7, 11) is -0.478. The minimum absolute atomic E-state index is 0.110. The second kappa shape index (κ2) is 11.5. The van der Waals surface area contributed by atoms with Crippen LogP contribution < -0.4 is 14.8 Å². The van der Waals surface area contributed by atoms with E-state index in [-0.39, 0.29) is 23.3 Å². The third kappa shape index (κ3) is 6.25. The van der Waals surface area contributed by atoms with E-state index in [0.29, 0.717) is 44.0 Å². The Labute approximate surface area is 195 Å². The molecule has 1 heterocycles. The number of aryl methyl sites for hydroxylation is 1. The first kappa shape index (κ1) is 25.0. The zero-order valence-corrected chi connectivity index (χ0v) is 20.2. The molecule has 2 aromatic rings. The smallest absolute Gasteiger partial charge is 0.243 e. The number of carbonyl (C=O) groups is 1. The number of methoxy groups -OCH3 is 2. The van der Waals surface area contributed by atoms with Crippen LogP contribution in [0.25, 0.3) is 0 Å². The number of ether oxygens (including phenoxy) is 3. The molecule has 1 N–H and O–H groups in total. The molecule has 2 aromatic carbocycles. The molecule has 180 valence electrons. The van der Waals surface area contributed by atoms with Gasteiger partial charge in [-0.25, -0.2) is 8.42 Å². The molecule has 8 nitrogen and oxygen atoms in total. The fraction of sp³-hybridized carbons (Fsp3) is 0.458. The molecule has 0 saturated carbocycles. The highest BCUT2D eigenvalue weighted by Gasteiger charge is 2.27. The molecule has 1 fully saturated rings. The Morgan fingerprint density at radius 2 is 1.79 bits per heavy atom. The van der Waals surface area contributed by atoms with Crippen molar-refractivity contribution in [3.8, 4) is 11.5 Å². The van der Waals surface area contributed by atoms with Gasteiger partial charge in [-0.15, -0.1) is 0 Å². The van der Waals surface area contributed by atoms with Gasteiger partial charge in [-0.2, -0.15) is 4.31 Å². The zero-order chi connectivity index (χ0) is 23.8. The van der Waals surface area contributed by atoms with Crippen molar-refractivity contribution in [3.05, 3.63) is 53.6 Å². The van der Waals surface area contributed by atoms with Crippen molar-refractivity contribution < 1.29 is 27.4 Å². The molecule has 0 unspecified atom stereocenters. The van der Waals surface area contributed by atoms with Gasteiger partial charge in [0.1, 0.15) is 11.5 Å². The molecule has 1 aliphatic rings. The third-order valence-electron chi connectivity index (χ3n) is 5.74. The van der Waals surface area contributed by atoms with Crippen LogP contribution in [0.1, 0.15) is 36.9 Å². The van der Waals surface area contributed by atoms with Gasteiger partial charge in [0.2, 0.25) is 15.9 Å². The third-order valence-corrected chi connectivity index (χ3v) is 7.64. The van der Waals surface area contributed by atoms with E-state index in [4.69, 9.17) is 14.2 Å². The molecule has 1 atom stereocenters. The molecule has 1 saturated heterocycles. The molecule has 0 spiro atoms. The van der Waals surface area contributed by atoms with Gasteiger partial charge >= 0.3 is 0 Å². The van der Waals surface area contributed by atoms with Crippen LogP contribution in [0.3, 0.4) is 0 Å². The predicted molar refractivity (Wildman–Crippen MR) is 125 cm³/mol. The van der Waals surface area contributed by atoms with Crippen LogP contribution in [0.2, 0.25) is 0 Å². The largest absolute Gasteiger partial charge is 0.497 e. The average molecular weight is 477 g/mol. The van der Waals surface area contributed by atoms with Crippen molar-refractivity contribution >= 4 is 15.9 Å². The van der Waals surface area contributed by atoms with Crippen LogP contribution in [-0.4, -0.2) is 59.2 Å². The quantitative estimate of drug-likeness (QED) is 0.567. The van der Waals surface area contributed by atoms with Crippen molar-refractivity contribution in [1.82, 2.24) is 9.62 Å². The molecule has 0 aromatic heterocycles. The zero-order valence-electron chi connectivity index (χ0n) is 19.4. The summed E-state index contributed by atoms with van der Waals surface area (Å²) in [5, 5.41) is 3.06. The van der Waals surface area contributed by atoms with Crippen molar-refractivity contribution in [3.63, 3.8) is 0 Å². The van der Waals surface area contributed by atoms with Gasteiger partial charge in [0, 0.05) is 19.5 Å². The predicted octanol–water partition coefficient (Wildman–Crippen LogP) is 2.92. The molecule has 1 aliphatic heterocycles. The first-order valence-corrected chi connectivity index (χ1v) is 12.5. The Hall–Kier alpha value is -2.62. The summed E-state index contributed by atoms with van der Waals surface area (Å²) >= 11 is 0. The lowest BCUT2D eigenvalue weighted by Crippen LogP contribution is -2.40. The topological polar surface area (TPSA) is 94.2 Å².